The highest BCUT2D eigenvalue weighted by Crippen LogP contribution is 2.39. The van der Waals surface area contributed by atoms with Crippen molar-refractivity contribution in [2.45, 2.75) is 39.0 Å². The molecule has 0 saturated heterocycles. The summed E-state index contributed by atoms with van der Waals surface area (Å²) in [5, 5.41) is 11.0. The standard InChI is InChI=1S/C15H15F3O3/c1-3-8-5-9(4-2)12-10(6-8)7-11(14(19)20)13(21-12)15(16,17)18/h5-7,13H,3-4H2,1-2H3,(H,19,20)/p-1/t13-/m1/s1. The molecule has 0 fully saturated rings. The molecule has 1 aromatic rings. The van der Waals surface area contributed by atoms with Crippen LogP contribution in [-0.2, 0) is 17.6 Å². The largest absolute Gasteiger partial charge is 0.545 e. The molecule has 0 N–H and O–H groups in total. The molecule has 21 heavy (non-hydrogen) atoms. The summed E-state index contributed by atoms with van der Waals surface area (Å²) >= 11 is 0. The Bertz CT molecular complexity index is 603. The lowest BCUT2D eigenvalue weighted by molar-refractivity contribution is -0.302. The molecule has 0 aromatic heterocycles. The monoisotopic (exact) mass is 299 g/mol. The van der Waals surface area contributed by atoms with Gasteiger partial charge in [0, 0.05) is 11.1 Å². The molecule has 3 nitrogen and oxygen atoms in total. The van der Waals surface area contributed by atoms with Crippen molar-refractivity contribution in [2.75, 3.05) is 0 Å². The molecule has 1 atom stereocenters. The minimum Gasteiger partial charge on any atom is -0.545 e. The van der Waals surface area contributed by atoms with Gasteiger partial charge in [-0.05, 0) is 36.1 Å². The van der Waals surface area contributed by atoms with E-state index in [1.165, 1.54) is 0 Å². The number of aliphatic carboxylic acids is 1. The van der Waals surface area contributed by atoms with Crippen LogP contribution >= 0.6 is 0 Å². The molecule has 1 aromatic carbocycles. The fraction of sp³-hybridized carbons (Fsp3) is 0.400. The number of carboxylic acid groups (broad SMARTS) is 1. The highest BCUT2D eigenvalue weighted by atomic mass is 19.4. The van der Waals surface area contributed by atoms with Crippen molar-refractivity contribution >= 4 is 12.0 Å². The van der Waals surface area contributed by atoms with E-state index in [-0.39, 0.29) is 5.75 Å². The molecule has 0 radical (unpaired) electrons. The predicted octanol–water partition coefficient (Wildman–Crippen LogP) is 2.27. The molecule has 1 aliphatic rings. The average molecular weight is 299 g/mol. The fourth-order valence-corrected chi connectivity index (χ4v) is 2.33. The Labute approximate surface area is 120 Å². The highest BCUT2D eigenvalue weighted by Gasteiger charge is 2.46. The van der Waals surface area contributed by atoms with E-state index in [0.717, 1.165) is 11.6 Å². The maximum atomic E-state index is 13.0. The predicted molar refractivity (Wildman–Crippen MR) is 68.7 cm³/mol. The second kappa shape index (κ2) is 5.42. The quantitative estimate of drug-likeness (QED) is 0.860. The zero-order chi connectivity index (χ0) is 15.8. The van der Waals surface area contributed by atoms with Crippen LogP contribution < -0.4 is 9.84 Å². The van der Waals surface area contributed by atoms with E-state index in [4.69, 9.17) is 4.74 Å². The van der Waals surface area contributed by atoms with Gasteiger partial charge in [-0.2, -0.15) is 13.2 Å². The van der Waals surface area contributed by atoms with Crippen molar-refractivity contribution in [3.63, 3.8) is 0 Å². The van der Waals surface area contributed by atoms with Gasteiger partial charge in [-0.15, -0.1) is 0 Å². The molecule has 0 aliphatic carbocycles. The summed E-state index contributed by atoms with van der Waals surface area (Å²) in [4.78, 5) is 11.0. The first-order valence-corrected chi connectivity index (χ1v) is 6.60. The number of carboxylic acids is 1. The molecule has 0 bridgehead atoms. The molecule has 0 spiro atoms. The highest BCUT2D eigenvalue weighted by molar-refractivity contribution is 5.93. The van der Waals surface area contributed by atoms with E-state index in [1.807, 2.05) is 6.92 Å². The van der Waals surface area contributed by atoms with Crippen molar-refractivity contribution < 1.29 is 27.8 Å². The lowest BCUT2D eigenvalue weighted by Crippen LogP contribution is -2.44. The molecule has 1 heterocycles. The minimum atomic E-state index is -4.81. The van der Waals surface area contributed by atoms with Gasteiger partial charge in [0.1, 0.15) is 5.75 Å². The van der Waals surface area contributed by atoms with Crippen molar-refractivity contribution in [1.82, 2.24) is 0 Å². The van der Waals surface area contributed by atoms with Gasteiger partial charge in [0.2, 0.25) is 6.10 Å². The lowest BCUT2D eigenvalue weighted by atomic mass is 9.95. The SMILES string of the molecule is CCc1cc2c(c(CC)c1)O[C@@H](C(F)(F)F)C(C(=O)[O-])=C2. The van der Waals surface area contributed by atoms with E-state index in [9.17, 15) is 23.1 Å². The number of hydrogen-bond acceptors (Lipinski definition) is 3. The number of carbonyl (C=O) groups excluding carboxylic acids is 1. The summed E-state index contributed by atoms with van der Waals surface area (Å²) < 4.78 is 43.9. The third-order valence-electron chi connectivity index (χ3n) is 3.41. The van der Waals surface area contributed by atoms with E-state index >= 15 is 0 Å². The summed E-state index contributed by atoms with van der Waals surface area (Å²) in [6.45, 7) is 3.71. The van der Waals surface area contributed by atoms with Gasteiger partial charge in [0.05, 0.1) is 5.97 Å². The molecule has 1 aliphatic heterocycles. The zero-order valence-corrected chi connectivity index (χ0v) is 11.6. The molecule has 6 heteroatoms. The Morgan fingerprint density at radius 3 is 2.43 bits per heavy atom. The molecule has 0 saturated carbocycles. The minimum absolute atomic E-state index is 0.0991. The fourth-order valence-electron chi connectivity index (χ4n) is 2.33. The van der Waals surface area contributed by atoms with Crippen LogP contribution in [0.15, 0.2) is 17.7 Å². The number of halogens is 3. The third-order valence-corrected chi connectivity index (χ3v) is 3.41. The summed E-state index contributed by atoms with van der Waals surface area (Å²) in [5.41, 5.74) is 0.997. The summed E-state index contributed by atoms with van der Waals surface area (Å²) in [6.07, 6.45) is -5.11. The van der Waals surface area contributed by atoms with Crippen molar-refractivity contribution in [3.05, 3.63) is 34.4 Å². The Morgan fingerprint density at radius 1 is 1.29 bits per heavy atom. The number of fused-ring (bicyclic) bond motifs is 1. The van der Waals surface area contributed by atoms with E-state index in [1.54, 1.807) is 19.1 Å². The first-order valence-electron chi connectivity index (χ1n) is 6.60. The number of benzene rings is 1. The number of aryl methyl sites for hydroxylation is 2. The number of alkyl halides is 3. The smallest absolute Gasteiger partial charge is 0.429 e. The van der Waals surface area contributed by atoms with Crippen molar-refractivity contribution in [3.8, 4) is 5.75 Å². The molecule has 2 rings (SSSR count). The summed E-state index contributed by atoms with van der Waals surface area (Å²) in [5.74, 6) is -1.77. The maximum Gasteiger partial charge on any atom is 0.429 e. The van der Waals surface area contributed by atoms with Crippen LogP contribution in [0.2, 0.25) is 0 Å². The Morgan fingerprint density at radius 2 is 1.95 bits per heavy atom. The normalized spacial score (nSPS) is 17.8. The molecular formula is C15H14F3O3-. The Kier molecular flexibility index (Phi) is 3.98. The van der Waals surface area contributed by atoms with Crippen LogP contribution in [0.3, 0.4) is 0 Å². The summed E-state index contributed by atoms with van der Waals surface area (Å²) in [7, 11) is 0. The number of rotatable bonds is 3. The van der Waals surface area contributed by atoms with Crippen LogP contribution in [0.4, 0.5) is 13.2 Å². The topological polar surface area (TPSA) is 49.4 Å². The first kappa shape index (κ1) is 15.4. The van der Waals surface area contributed by atoms with Crippen molar-refractivity contribution in [2.24, 2.45) is 0 Å². The second-order valence-electron chi connectivity index (χ2n) is 4.81. The second-order valence-corrected chi connectivity index (χ2v) is 4.81. The van der Waals surface area contributed by atoms with Gasteiger partial charge in [-0.3, -0.25) is 0 Å². The van der Waals surface area contributed by atoms with Crippen LogP contribution in [-0.4, -0.2) is 18.2 Å². The van der Waals surface area contributed by atoms with Gasteiger partial charge < -0.3 is 14.6 Å². The molecule has 0 unspecified atom stereocenters. The van der Waals surface area contributed by atoms with Crippen LogP contribution in [0, 0.1) is 0 Å². The number of hydrogen-bond donors (Lipinski definition) is 0. The molecule has 114 valence electrons. The Balaban J connectivity index is 2.62. The maximum absolute atomic E-state index is 13.0. The summed E-state index contributed by atoms with van der Waals surface area (Å²) in [6, 6.07) is 3.42. The van der Waals surface area contributed by atoms with Gasteiger partial charge in [-0.1, -0.05) is 19.9 Å². The molecular weight excluding hydrogens is 285 g/mol. The van der Waals surface area contributed by atoms with Crippen molar-refractivity contribution in [1.29, 1.82) is 0 Å². The van der Waals surface area contributed by atoms with Crippen LogP contribution in [0.5, 0.6) is 5.75 Å². The third kappa shape index (κ3) is 2.89. The van der Waals surface area contributed by atoms with E-state index < -0.39 is 23.8 Å². The van der Waals surface area contributed by atoms with Crippen LogP contribution in [0.25, 0.3) is 6.08 Å². The van der Waals surface area contributed by atoms with Gasteiger partial charge >= 0.3 is 6.18 Å². The van der Waals surface area contributed by atoms with E-state index in [0.29, 0.717) is 24.0 Å². The first-order chi connectivity index (χ1) is 9.77. The van der Waals surface area contributed by atoms with Gasteiger partial charge in [0.25, 0.3) is 0 Å². The van der Waals surface area contributed by atoms with Gasteiger partial charge in [-0.25, -0.2) is 0 Å². The van der Waals surface area contributed by atoms with E-state index in [2.05, 4.69) is 0 Å². The van der Waals surface area contributed by atoms with Gasteiger partial charge in [0.15, 0.2) is 0 Å². The zero-order valence-electron chi connectivity index (χ0n) is 11.6. The number of ether oxygens (including phenoxy) is 1. The lowest BCUT2D eigenvalue weighted by Gasteiger charge is -2.30. The number of carbonyl (C=O) groups is 1. The molecule has 0 amide bonds. The van der Waals surface area contributed by atoms with Crippen LogP contribution in [0.1, 0.15) is 30.5 Å². The Hall–Kier alpha value is -1.98. The average Bonchev–Trinajstić information content (AvgIpc) is 2.43.